The standard InChI is InChI=1S/C67H130O17P2/c1-6-9-12-15-18-21-22-23-24-25-26-27-32-38-43-48-53-67(72)84-63(57-78-65(70)51-46-41-36-33-28-31-34-39-44-49-60(4)5)59-82-86(75,76)80-55-61(68)54-79-85(73,74)81-58-62(83-66(71)52-47-42-37-30-20-17-14-11-8-3)56-77-64(69)50-45-40-35-29-19-16-13-10-7-2/h60-63,68H,6-59H2,1-5H3,(H,73,74)(H,75,76)/t61-,62+,63+/m0/s1. The molecule has 86 heavy (non-hydrogen) atoms. The number of phosphoric acid groups is 2. The van der Waals surface area contributed by atoms with Crippen LogP contribution in [-0.4, -0.2) is 96.7 Å². The lowest BCUT2D eigenvalue weighted by molar-refractivity contribution is -0.161. The maximum absolute atomic E-state index is 13.0. The molecular weight excluding hydrogens is 1140 g/mol. The highest BCUT2D eigenvalue weighted by Gasteiger charge is 2.30. The van der Waals surface area contributed by atoms with E-state index in [-0.39, 0.29) is 25.7 Å². The van der Waals surface area contributed by atoms with Gasteiger partial charge in [0.2, 0.25) is 0 Å². The van der Waals surface area contributed by atoms with Crippen LogP contribution in [0.15, 0.2) is 0 Å². The highest BCUT2D eigenvalue weighted by Crippen LogP contribution is 2.45. The van der Waals surface area contributed by atoms with Gasteiger partial charge in [-0.3, -0.25) is 37.3 Å². The molecule has 0 aliphatic carbocycles. The van der Waals surface area contributed by atoms with Crippen molar-refractivity contribution in [3.63, 3.8) is 0 Å². The number of phosphoric ester groups is 2. The van der Waals surface area contributed by atoms with Crippen LogP contribution in [0.4, 0.5) is 0 Å². The minimum absolute atomic E-state index is 0.106. The van der Waals surface area contributed by atoms with Gasteiger partial charge in [0.15, 0.2) is 12.2 Å². The molecule has 3 N–H and O–H groups in total. The molecule has 0 radical (unpaired) electrons. The SMILES string of the molecule is CCCCCCCCCCCCCCCCCCC(=O)O[C@H](COC(=O)CCCCCCCCCCCC(C)C)COP(=O)(O)OC[C@@H](O)COP(=O)(O)OC[C@@H](COC(=O)CCCCCCCCCCC)OC(=O)CCCCCCCCCCC. The first-order chi connectivity index (χ1) is 41.5. The molecular formula is C67H130O17P2. The average Bonchev–Trinajstić information content (AvgIpc) is 3.68. The fraction of sp³-hybridized carbons (Fsp3) is 0.940. The second-order valence-corrected chi connectivity index (χ2v) is 27.6. The highest BCUT2D eigenvalue weighted by molar-refractivity contribution is 7.47. The van der Waals surface area contributed by atoms with Crippen molar-refractivity contribution in [3.8, 4) is 0 Å². The second-order valence-electron chi connectivity index (χ2n) is 24.7. The summed E-state index contributed by atoms with van der Waals surface area (Å²) in [6, 6.07) is 0. The van der Waals surface area contributed by atoms with Crippen molar-refractivity contribution >= 4 is 39.5 Å². The van der Waals surface area contributed by atoms with E-state index in [9.17, 15) is 43.2 Å². The van der Waals surface area contributed by atoms with Crippen molar-refractivity contribution in [3.05, 3.63) is 0 Å². The van der Waals surface area contributed by atoms with Crippen molar-refractivity contribution in [2.75, 3.05) is 39.6 Å². The Morgan fingerprint density at radius 3 is 0.791 bits per heavy atom. The molecule has 0 spiro atoms. The van der Waals surface area contributed by atoms with Gasteiger partial charge in [-0.15, -0.1) is 0 Å². The number of carbonyl (C=O) groups excluding carboxylic acids is 4. The Balaban J connectivity index is 5.21. The molecule has 0 aromatic heterocycles. The molecule has 0 saturated carbocycles. The summed E-state index contributed by atoms with van der Waals surface area (Å²) in [5.41, 5.74) is 0. The summed E-state index contributed by atoms with van der Waals surface area (Å²) in [6.07, 6.45) is 45.8. The Bertz CT molecular complexity index is 1670. The van der Waals surface area contributed by atoms with Crippen LogP contribution in [0, 0.1) is 5.92 Å². The number of aliphatic hydroxyl groups is 1. The van der Waals surface area contributed by atoms with Gasteiger partial charge in [-0.05, 0) is 31.6 Å². The maximum Gasteiger partial charge on any atom is 0.472 e. The molecule has 0 amide bonds. The summed E-state index contributed by atoms with van der Waals surface area (Å²) in [4.78, 5) is 72.3. The number of hydrogen-bond acceptors (Lipinski definition) is 15. The zero-order valence-electron chi connectivity index (χ0n) is 55.4. The Kier molecular flexibility index (Phi) is 59.2. The molecule has 0 bridgehead atoms. The van der Waals surface area contributed by atoms with E-state index in [0.29, 0.717) is 25.7 Å². The van der Waals surface area contributed by atoms with Gasteiger partial charge in [-0.2, -0.15) is 0 Å². The zero-order valence-corrected chi connectivity index (χ0v) is 57.2. The first-order valence-electron chi connectivity index (χ1n) is 35.1. The van der Waals surface area contributed by atoms with E-state index >= 15 is 0 Å². The maximum atomic E-state index is 13.0. The van der Waals surface area contributed by atoms with E-state index in [4.69, 9.17) is 37.0 Å². The van der Waals surface area contributed by atoms with Crippen LogP contribution in [0.5, 0.6) is 0 Å². The molecule has 5 atom stereocenters. The van der Waals surface area contributed by atoms with Crippen molar-refractivity contribution < 1.29 is 80.2 Å². The van der Waals surface area contributed by atoms with Gasteiger partial charge < -0.3 is 33.8 Å². The van der Waals surface area contributed by atoms with Crippen molar-refractivity contribution in [1.29, 1.82) is 0 Å². The third-order valence-corrected chi connectivity index (χ3v) is 17.4. The van der Waals surface area contributed by atoms with Crippen LogP contribution in [0.2, 0.25) is 0 Å². The van der Waals surface area contributed by atoms with Gasteiger partial charge in [0, 0.05) is 25.7 Å². The summed E-state index contributed by atoms with van der Waals surface area (Å²) < 4.78 is 68.1. The summed E-state index contributed by atoms with van der Waals surface area (Å²) in [6.45, 7) is 7.18. The van der Waals surface area contributed by atoms with E-state index in [1.807, 2.05) is 0 Å². The summed E-state index contributed by atoms with van der Waals surface area (Å²) in [5.74, 6) is -1.38. The molecule has 17 nitrogen and oxygen atoms in total. The van der Waals surface area contributed by atoms with Crippen molar-refractivity contribution in [1.82, 2.24) is 0 Å². The predicted octanol–water partition coefficient (Wildman–Crippen LogP) is 19.0. The highest BCUT2D eigenvalue weighted by atomic mass is 31.2. The van der Waals surface area contributed by atoms with E-state index in [0.717, 1.165) is 95.8 Å². The van der Waals surface area contributed by atoms with E-state index in [1.54, 1.807) is 0 Å². The monoisotopic (exact) mass is 1270 g/mol. The lowest BCUT2D eigenvalue weighted by atomic mass is 10.0. The van der Waals surface area contributed by atoms with Gasteiger partial charge in [0.05, 0.1) is 26.4 Å². The van der Waals surface area contributed by atoms with Gasteiger partial charge >= 0.3 is 39.5 Å². The smallest absolute Gasteiger partial charge is 0.462 e. The summed E-state index contributed by atoms with van der Waals surface area (Å²) >= 11 is 0. The topological polar surface area (TPSA) is 237 Å². The number of aliphatic hydroxyl groups excluding tert-OH is 1. The average molecular weight is 1270 g/mol. The van der Waals surface area contributed by atoms with Gasteiger partial charge in [0.1, 0.15) is 19.3 Å². The predicted molar refractivity (Wildman–Crippen MR) is 345 cm³/mol. The zero-order chi connectivity index (χ0) is 63.5. The Labute approximate surface area is 524 Å². The lowest BCUT2D eigenvalue weighted by Gasteiger charge is -2.21. The van der Waals surface area contributed by atoms with Gasteiger partial charge in [-0.1, -0.05) is 291 Å². The third-order valence-electron chi connectivity index (χ3n) is 15.5. The molecule has 0 rings (SSSR count). The fourth-order valence-corrected chi connectivity index (χ4v) is 11.7. The molecule has 2 unspecified atom stereocenters. The van der Waals surface area contributed by atoms with Crippen LogP contribution >= 0.6 is 15.6 Å². The number of rotatable bonds is 67. The summed E-state index contributed by atoms with van der Waals surface area (Å²) in [7, 11) is -9.89. The largest absolute Gasteiger partial charge is 0.472 e. The number of ether oxygens (including phenoxy) is 4. The van der Waals surface area contributed by atoms with Gasteiger partial charge in [0.25, 0.3) is 0 Å². The van der Waals surface area contributed by atoms with Crippen LogP contribution in [0.1, 0.15) is 343 Å². The third kappa shape index (κ3) is 60.9. The molecule has 0 fully saturated rings. The van der Waals surface area contributed by atoms with Crippen LogP contribution in [-0.2, 0) is 65.4 Å². The number of esters is 4. The first-order valence-corrected chi connectivity index (χ1v) is 38.1. The Hall–Kier alpha value is -1.94. The number of unbranched alkanes of at least 4 members (excludes halogenated alkanes) is 39. The molecule has 0 aliphatic rings. The van der Waals surface area contributed by atoms with Crippen LogP contribution < -0.4 is 0 Å². The molecule has 0 aliphatic heterocycles. The van der Waals surface area contributed by atoms with Gasteiger partial charge in [-0.25, -0.2) is 9.13 Å². The first kappa shape index (κ1) is 84.1. The molecule has 510 valence electrons. The minimum Gasteiger partial charge on any atom is -0.462 e. The fourth-order valence-electron chi connectivity index (χ4n) is 10.1. The van der Waals surface area contributed by atoms with E-state index in [2.05, 4.69) is 34.6 Å². The molecule has 0 aromatic rings. The number of carbonyl (C=O) groups is 4. The molecule has 0 saturated heterocycles. The van der Waals surface area contributed by atoms with Crippen LogP contribution in [0.25, 0.3) is 0 Å². The van der Waals surface area contributed by atoms with Crippen molar-refractivity contribution in [2.24, 2.45) is 5.92 Å². The lowest BCUT2D eigenvalue weighted by Crippen LogP contribution is -2.30. The van der Waals surface area contributed by atoms with Crippen molar-refractivity contribution in [2.45, 2.75) is 361 Å². The van der Waals surface area contributed by atoms with E-state index in [1.165, 1.54) is 167 Å². The second kappa shape index (κ2) is 60.6. The Morgan fingerprint density at radius 2 is 0.535 bits per heavy atom. The number of hydrogen-bond donors (Lipinski definition) is 3. The molecule has 0 aromatic carbocycles. The minimum atomic E-state index is -4.95. The Morgan fingerprint density at radius 1 is 0.314 bits per heavy atom. The van der Waals surface area contributed by atoms with Crippen LogP contribution in [0.3, 0.4) is 0 Å². The van der Waals surface area contributed by atoms with E-state index < -0.39 is 97.5 Å². The normalized spacial score (nSPS) is 14.2. The quantitative estimate of drug-likeness (QED) is 0.0222. The molecule has 0 heterocycles. The molecule has 19 heteroatoms. The summed E-state index contributed by atoms with van der Waals surface area (Å²) in [5, 5.41) is 10.5.